The van der Waals surface area contributed by atoms with E-state index in [1.54, 1.807) is 6.26 Å². The molecule has 0 spiro atoms. The molecule has 3 aliphatic rings. The molecule has 0 fully saturated rings. The molecule has 0 atom stereocenters. The van der Waals surface area contributed by atoms with Crippen molar-refractivity contribution in [2.45, 2.75) is 19.4 Å². The van der Waals surface area contributed by atoms with Crippen LogP contribution in [-0.2, 0) is 11.3 Å². The summed E-state index contributed by atoms with van der Waals surface area (Å²) in [6.45, 7) is 0.516. The topological polar surface area (TPSA) is 26.5 Å². The molecule has 2 aliphatic heterocycles. The number of allylic oxidation sites excluding steroid dienone is 4. The monoisotopic (exact) mass is 368 g/mol. The van der Waals surface area contributed by atoms with Crippen molar-refractivity contribution in [3.8, 4) is 5.69 Å². The Labute approximate surface area is 155 Å². The molecule has 1 aliphatic carbocycles. The van der Waals surface area contributed by atoms with Gasteiger partial charge in [-0.15, -0.1) is 0 Å². The van der Waals surface area contributed by atoms with Crippen molar-refractivity contribution in [1.82, 2.24) is 4.57 Å². The summed E-state index contributed by atoms with van der Waals surface area (Å²) in [6, 6.07) is 8.00. The van der Waals surface area contributed by atoms with Gasteiger partial charge in [0.1, 0.15) is 0 Å². The lowest BCUT2D eigenvalue weighted by Crippen LogP contribution is -2.10. The summed E-state index contributed by atoms with van der Waals surface area (Å²) in [4.78, 5) is 4.95. The van der Waals surface area contributed by atoms with Crippen molar-refractivity contribution in [3.05, 3.63) is 87.1 Å². The number of aromatic nitrogens is 1. The molecule has 3 nitrogen and oxygen atoms in total. The molecule has 0 saturated heterocycles. The van der Waals surface area contributed by atoms with Crippen LogP contribution in [0, 0.1) is 0 Å². The molecule has 0 N–H and O–H groups in total. The molecular formula is C20H14Cl2N2O. The Hall–Kier alpha value is -2.23. The second-order valence-electron chi connectivity index (χ2n) is 6.26. The molecule has 0 unspecified atom stereocenters. The number of rotatable bonds is 1. The number of hydrogen-bond donors (Lipinski definition) is 0. The van der Waals surface area contributed by atoms with Crippen molar-refractivity contribution in [1.29, 1.82) is 0 Å². The standard InChI is InChI=1S/C20H14Cl2N2O/c21-16-5-6-17-15(19(16)22)10-23-20(18-2-1-8-24(17)18)14-4-3-12-11-25-9-7-13(12)14/h1-2,5-9,11H,3-4,10H2. The van der Waals surface area contributed by atoms with Gasteiger partial charge in [-0.3, -0.25) is 4.99 Å². The van der Waals surface area contributed by atoms with Gasteiger partial charge in [0.15, 0.2) is 0 Å². The van der Waals surface area contributed by atoms with Crippen LogP contribution in [0.3, 0.4) is 0 Å². The lowest BCUT2D eigenvalue weighted by molar-refractivity contribution is 0.393. The van der Waals surface area contributed by atoms with Gasteiger partial charge in [0.2, 0.25) is 0 Å². The Balaban J connectivity index is 1.73. The number of halogens is 2. The van der Waals surface area contributed by atoms with Gasteiger partial charge in [-0.05, 0) is 59.9 Å². The average molecular weight is 369 g/mol. The second-order valence-corrected chi connectivity index (χ2v) is 7.05. The van der Waals surface area contributed by atoms with Gasteiger partial charge in [-0.2, -0.15) is 0 Å². The zero-order valence-corrected chi connectivity index (χ0v) is 14.8. The van der Waals surface area contributed by atoms with Crippen LogP contribution in [0.15, 0.2) is 70.8 Å². The average Bonchev–Trinajstić information content (AvgIpc) is 3.24. The zero-order chi connectivity index (χ0) is 17.0. The highest BCUT2D eigenvalue weighted by molar-refractivity contribution is 6.42. The fraction of sp³-hybridized carbons (Fsp3) is 0.150. The van der Waals surface area contributed by atoms with Gasteiger partial charge in [0, 0.05) is 11.8 Å². The van der Waals surface area contributed by atoms with Gasteiger partial charge < -0.3 is 9.30 Å². The van der Waals surface area contributed by atoms with Crippen molar-refractivity contribution in [2.75, 3.05) is 0 Å². The van der Waals surface area contributed by atoms with Crippen LogP contribution < -0.4 is 0 Å². The smallest absolute Gasteiger partial charge is 0.0939 e. The van der Waals surface area contributed by atoms with Crippen LogP contribution in [0.25, 0.3) is 5.69 Å². The summed E-state index contributed by atoms with van der Waals surface area (Å²) in [5, 5.41) is 1.15. The van der Waals surface area contributed by atoms with E-state index < -0.39 is 0 Å². The first kappa shape index (κ1) is 15.1. The molecule has 124 valence electrons. The normalized spacial score (nSPS) is 18.0. The number of aliphatic imine (C=N–C) groups is 1. The van der Waals surface area contributed by atoms with Gasteiger partial charge in [-0.25, -0.2) is 0 Å². The Kier molecular flexibility index (Phi) is 3.40. The van der Waals surface area contributed by atoms with Crippen molar-refractivity contribution in [2.24, 2.45) is 4.99 Å². The second kappa shape index (κ2) is 5.65. The predicted molar refractivity (Wildman–Crippen MR) is 101 cm³/mol. The number of benzene rings is 1. The van der Waals surface area contributed by atoms with E-state index in [1.165, 1.54) is 16.7 Å². The number of nitrogens with zero attached hydrogens (tertiary/aromatic N) is 2. The maximum Gasteiger partial charge on any atom is 0.0939 e. The minimum atomic E-state index is 0.516. The van der Waals surface area contributed by atoms with E-state index in [9.17, 15) is 0 Å². The van der Waals surface area contributed by atoms with Gasteiger partial charge in [0.05, 0.1) is 46.2 Å². The van der Waals surface area contributed by atoms with Crippen molar-refractivity contribution >= 4 is 28.9 Å². The molecule has 25 heavy (non-hydrogen) atoms. The maximum atomic E-state index is 6.47. The molecule has 0 saturated carbocycles. The first-order valence-electron chi connectivity index (χ1n) is 8.18. The summed E-state index contributed by atoms with van der Waals surface area (Å²) >= 11 is 12.7. The first-order valence-corrected chi connectivity index (χ1v) is 8.94. The molecule has 0 amide bonds. The van der Waals surface area contributed by atoms with Gasteiger partial charge in [0.25, 0.3) is 0 Å². The first-order chi connectivity index (χ1) is 12.2. The Bertz CT molecular complexity index is 1020. The Morgan fingerprint density at radius 1 is 1.12 bits per heavy atom. The summed E-state index contributed by atoms with van der Waals surface area (Å²) in [5.74, 6) is 0. The van der Waals surface area contributed by atoms with Crippen LogP contribution in [-0.4, -0.2) is 10.3 Å². The van der Waals surface area contributed by atoms with Crippen LogP contribution in [0.2, 0.25) is 10.0 Å². The summed E-state index contributed by atoms with van der Waals surface area (Å²) in [5.41, 5.74) is 7.84. The van der Waals surface area contributed by atoms with Crippen molar-refractivity contribution < 1.29 is 4.74 Å². The Morgan fingerprint density at radius 2 is 2.04 bits per heavy atom. The third kappa shape index (κ3) is 2.23. The molecule has 2 aromatic rings. The van der Waals surface area contributed by atoms with Crippen LogP contribution >= 0.6 is 23.2 Å². The molecular weight excluding hydrogens is 355 g/mol. The summed E-state index contributed by atoms with van der Waals surface area (Å²) < 4.78 is 7.48. The minimum Gasteiger partial charge on any atom is -0.472 e. The maximum absolute atomic E-state index is 6.47. The van der Waals surface area contributed by atoms with E-state index in [0.29, 0.717) is 16.6 Å². The molecule has 0 radical (unpaired) electrons. The van der Waals surface area contributed by atoms with E-state index in [1.807, 2.05) is 30.5 Å². The van der Waals surface area contributed by atoms with E-state index >= 15 is 0 Å². The Morgan fingerprint density at radius 3 is 2.96 bits per heavy atom. The fourth-order valence-corrected chi connectivity index (χ4v) is 4.16. The summed E-state index contributed by atoms with van der Waals surface area (Å²) in [7, 11) is 0. The van der Waals surface area contributed by atoms with Crippen LogP contribution in [0.5, 0.6) is 0 Å². The molecule has 1 aromatic carbocycles. The van der Waals surface area contributed by atoms with Crippen molar-refractivity contribution in [3.63, 3.8) is 0 Å². The van der Waals surface area contributed by atoms with Gasteiger partial charge in [-0.1, -0.05) is 23.2 Å². The van der Waals surface area contributed by atoms with E-state index in [2.05, 4.69) is 16.8 Å². The molecule has 5 rings (SSSR count). The fourth-order valence-electron chi connectivity index (χ4n) is 3.76. The van der Waals surface area contributed by atoms with E-state index in [0.717, 1.165) is 35.5 Å². The van der Waals surface area contributed by atoms with Crippen LogP contribution in [0.4, 0.5) is 0 Å². The molecule has 0 bridgehead atoms. The number of fused-ring (bicyclic) bond motifs is 4. The largest absolute Gasteiger partial charge is 0.472 e. The lowest BCUT2D eigenvalue weighted by atomic mass is 10.0. The zero-order valence-electron chi connectivity index (χ0n) is 13.3. The lowest BCUT2D eigenvalue weighted by Gasteiger charge is -2.13. The minimum absolute atomic E-state index is 0.516. The highest BCUT2D eigenvalue weighted by Gasteiger charge is 2.28. The third-order valence-corrected chi connectivity index (χ3v) is 5.79. The SMILES string of the molecule is Clc1ccc2c(c1Cl)CN=C(C1=C3C=COC=C3CC1)c1cccn1-2. The predicted octanol–water partition coefficient (Wildman–Crippen LogP) is 5.61. The highest BCUT2D eigenvalue weighted by Crippen LogP contribution is 2.39. The highest BCUT2D eigenvalue weighted by atomic mass is 35.5. The summed E-state index contributed by atoms with van der Waals surface area (Å²) in [6.07, 6.45) is 9.60. The number of ether oxygens (including phenoxy) is 1. The van der Waals surface area contributed by atoms with E-state index in [4.69, 9.17) is 32.9 Å². The quantitative estimate of drug-likeness (QED) is 0.642. The third-order valence-electron chi connectivity index (χ3n) is 4.94. The molecule has 1 aromatic heterocycles. The molecule has 5 heteroatoms. The van der Waals surface area contributed by atoms with Crippen LogP contribution in [0.1, 0.15) is 24.1 Å². The van der Waals surface area contributed by atoms with E-state index in [-0.39, 0.29) is 0 Å². The van der Waals surface area contributed by atoms with Gasteiger partial charge >= 0.3 is 0 Å². The number of hydrogen-bond acceptors (Lipinski definition) is 2. The molecule has 3 heterocycles.